The van der Waals surface area contributed by atoms with E-state index in [2.05, 4.69) is 34.6 Å². The van der Waals surface area contributed by atoms with Crippen molar-refractivity contribution in [2.24, 2.45) is 11.8 Å². The topological polar surface area (TPSA) is 0 Å². The molecule has 0 unspecified atom stereocenters. The fraction of sp³-hybridized carbons (Fsp3) is 0.917. The van der Waals surface area contributed by atoms with E-state index in [1.165, 1.54) is 25.7 Å². The molecule has 12 heavy (non-hydrogen) atoms. The van der Waals surface area contributed by atoms with Gasteiger partial charge in [-0.2, -0.15) is 0 Å². The minimum absolute atomic E-state index is 0.833. The quantitative estimate of drug-likeness (QED) is 0.551. The Hall–Kier alpha value is 0. The van der Waals surface area contributed by atoms with Gasteiger partial charge < -0.3 is 0 Å². The molecule has 0 saturated carbocycles. The first-order valence-electron chi connectivity index (χ1n) is 5.41. The minimum Gasteiger partial charge on any atom is -0.0651 e. The Bertz CT molecular complexity index is 90.2. The zero-order valence-corrected chi connectivity index (χ0v) is 9.48. The molecule has 0 aliphatic heterocycles. The van der Waals surface area contributed by atoms with E-state index in [-0.39, 0.29) is 0 Å². The van der Waals surface area contributed by atoms with Gasteiger partial charge in [0.1, 0.15) is 0 Å². The Labute approximate surface area is 78.8 Å². The van der Waals surface area contributed by atoms with Crippen LogP contribution in [0.15, 0.2) is 0 Å². The van der Waals surface area contributed by atoms with Crippen LogP contribution < -0.4 is 0 Å². The Morgan fingerprint density at radius 2 is 1.50 bits per heavy atom. The summed E-state index contributed by atoms with van der Waals surface area (Å²) < 4.78 is 0. The maximum absolute atomic E-state index is 2.32. The summed E-state index contributed by atoms with van der Waals surface area (Å²) in [5.74, 6) is 3.46. The molecule has 0 aromatic carbocycles. The molecule has 0 heteroatoms. The van der Waals surface area contributed by atoms with Gasteiger partial charge in [-0.25, -0.2) is 0 Å². The fourth-order valence-electron chi connectivity index (χ4n) is 1.85. The lowest BCUT2D eigenvalue weighted by Crippen LogP contribution is -2.05. The Morgan fingerprint density at radius 1 is 1.00 bits per heavy atom. The van der Waals surface area contributed by atoms with Crippen LogP contribution in [0.1, 0.15) is 60.3 Å². The molecule has 0 amide bonds. The van der Waals surface area contributed by atoms with Crippen molar-refractivity contribution in [1.29, 1.82) is 0 Å². The summed E-state index contributed by atoms with van der Waals surface area (Å²) in [5, 5.41) is 0. The van der Waals surface area contributed by atoms with Gasteiger partial charge in [-0.05, 0) is 30.6 Å². The fourth-order valence-corrected chi connectivity index (χ4v) is 1.85. The molecule has 0 nitrogen and oxygen atoms in total. The summed E-state index contributed by atoms with van der Waals surface area (Å²) in [4.78, 5) is 0. The molecule has 0 bridgehead atoms. The Kier molecular flexibility index (Phi) is 6.51. The predicted octanol–water partition coefficient (Wildman–Crippen LogP) is 4.45. The van der Waals surface area contributed by atoms with Crippen LogP contribution in [0.2, 0.25) is 0 Å². The average molecular weight is 169 g/mol. The lowest BCUT2D eigenvalue weighted by atomic mass is 9.87. The van der Waals surface area contributed by atoms with E-state index in [0.717, 1.165) is 11.8 Å². The van der Waals surface area contributed by atoms with Crippen LogP contribution >= 0.6 is 0 Å². The van der Waals surface area contributed by atoms with E-state index in [9.17, 15) is 0 Å². The van der Waals surface area contributed by atoms with Gasteiger partial charge in [0.25, 0.3) is 0 Å². The van der Waals surface area contributed by atoms with E-state index in [1.807, 2.05) is 0 Å². The molecule has 0 atom stereocenters. The molecule has 0 fully saturated rings. The third kappa shape index (κ3) is 5.62. The van der Waals surface area contributed by atoms with Crippen molar-refractivity contribution in [3.63, 3.8) is 0 Å². The Balaban J connectivity index is 3.58. The second-order valence-electron chi connectivity index (χ2n) is 4.44. The van der Waals surface area contributed by atoms with Crippen molar-refractivity contribution >= 4 is 0 Å². The van der Waals surface area contributed by atoms with Gasteiger partial charge >= 0.3 is 0 Å². The van der Waals surface area contributed by atoms with Crippen LogP contribution in [-0.2, 0) is 0 Å². The van der Waals surface area contributed by atoms with Gasteiger partial charge in [0.15, 0.2) is 0 Å². The third-order valence-corrected chi connectivity index (χ3v) is 2.55. The molecule has 0 rings (SSSR count). The van der Waals surface area contributed by atoms with Crippen LogP contribution in [0.4, 0.5) is 0 Å². The molecule has 0 saturated heterocycles. The summed E-state index contributed by atoms with van der Waals surface area (Å²) in [5.41, 5.74) is 0. The zero-order valence-electron chi connectivity index (χ0n) is 9.48. The summed E-state index contributed by atoms with van der Waals surface area (Å²) in [7, 11) is 0. The summed E-state index contributed by atoms with van der Waals surface area (Å²) >= 11 is 0. The molecular weight excluding hydrogens is 144 g/mol. The maximum Gasteiger partial charge on any atom is -0.0267 e. The van der Waals surface area contributed by atoms with Gasteiger partial charge in [0.05, 0.1) is 0 Å². The van der Waals surface area contributed by atoms with E-state index >= 15 is 0 Å². The largest absolute Gasteiger partial charge is 0.0651 e. The van der Waals surface area contributed by atoms with Crippen molar-refractivity contribution in [2.75, 3.05) is 0 Å². The van der Waals surface area contributed by atoms with Gasteiger partial charge in [-0.3, -0.25) is 0 Å². The highest BCUT2D eigenvalue weighted by atomic mass is 14.2. The molecule has 0 spiro atoms. The summed E-state index contributed by atoms with van der Waals surface area (Å²) in [6, 6.07) is 0. The standard InChI is InChI=1S/C12H25/c1-6-12(7-2)9-11(5)8-10(3)4/h10,12H,6-9H2,1-5H3. The first-order chi connectivity index (χ1) is 5.60. The van der Waals surface area contributed by atoms with Gasteiger partial charge in [0.2, 0.25) is 0 Å². The molecule has 0 aliphatic rings. The van der Waals surface area contributed by atoms with Gasteiger partial charge in [-0.15, -0.1) is 0 Å². The second kappa shape index (κ2) is 6.51. The van der Waals surface area contributed by atoms with E-state index in [0.29, 0.717) is 0 Å². The lowest BCUT2D eigenvalue weighted by molar-refractivity contribution is 0.436. The molecule has 0 N–H and O–H groups in total. The van der Waals surface area contributed by atoms with E-state index in [1.54, 1.807) is 5.92 Å². The summed E-state index contributed by atoms with van der Waals surface area (Å²) in [6.07, 6.45) is 5.35. The predicted molar refractivity (Wildman–Crippen MR) is 57.1 cm³/mol. The molecule has 0 aliphatic carbocycles. The van der Waals surface area contributed by atoms with E-state index < -0.39 is 0 Å². The van der Waals surface area contributed by atoms with Crippen LogP contribution in [0.5, 0.6) is 0 Å². The zero-order chi connectivity index (χ0) is 9.56. The monoisotopic (exact) mass is 169 g/mol. The SMILES string of the molecule is CCC(CC)C[C](C)CC(C)C. The minimum atomic E-state index is 0.833. The first-order valence-corrected chi connectivity index (χ1v) is 5.41. The number of hydrogen-bond donors (Lipinski definition) is 0. The highest BCUT2D eigenvalue weighted by Gasteiger charge is 2.11. The van der Waals surface area contributed by atoms with Crippen LogP contribution in [-0.4, -0.2) is 0 Å². The molecule has 0 heterocycles. The van der Waals surface area contributed by atoms with Crippen LogP contribution in [0.3, 0.4) is 0 Å². The smallest absolute Gasteiger partial charge is 0.0267 e. The van der Waals surface area contributed by atoms with Crippen molar-refractivity contribution in [1.82, 2.24) is 0 Å². The first kappa shape index (κ1) is 12.0. The molecule has 73 valence electrons. The van der Waals surface area contributed by atoms with Crippen molar-refractivity contribution in [3.05, 3.63) is 5.92 Å². The van der Waals surface area contributed by atoms with Crippen LogP contribution in [0.25, 0.3) is 0 Å². The van der Waals surface area contributed by atoms with Crippen molar-refractivity contribution in [2.45, 2.75) is 60.3 Å². The second-order valence-corrected chi connectivity index (χ2v) is 4.44. The van der Waals surface area contributed by atoms with Gasteiger partial charge in [-0.1, -0.05) is 47.5 Å². The number of hydrogen-bond acceptors (Lipinski definition) is 0. The Morgan fingerprint density at radius 3 is 1.83 bits per heavy atom. The maximum atomic E-state index is 2.32. The molecule has 0 aromatic rings. The highest BCUT2D eigenvalue weighted by molar-refractivity contribution is 4.86. The number of rotatable bonds is 6. The van der Waals surface area contributed by atoms with Crippen LogP contribution in [0, 0.1) is 17.8 Å². The average Bonchev–Trinajstić information content (AvgIpc) is 1.98. The molecule has 0 aromatic heterocycles. The van der Waals surface area contributed by atoms with Crippen molar-refractivity contribution in [3.8, 4) is 0 Å². The molecular formula is C12H25. The molecule has 1 radical (unpaired) electrons. The summed E-state index contributed by atoms with van der Waals surface area (Å²) in [6.45, 7) is 11.5. The highest BCUT2D eigenvalue weighted by Crippen LogP contribution is 2.24. The normalized spacial score (nSPS) is 12.0. The van der Waals surface area contributed by atoms with E-state index in [4.69, 9.17) is 0 Å². The lowest BCUT2D eigenvalue weighted by Gasteiger charge is -2.19. The van der Waals surface area contributed by atoms with Gasteiger partial charge in [0, 0.05) is 0 Å². The van der Waals surface area contributed by atoms with Crippen molar-refractivity contribution < 1.29 is 0 Å². The third-order valence-electron chi connectivity index (χ3n) is 2.55.